The average Bonchev–Trinajstić information content (AvgIpc) is 3.07. The molecule has 0 saturated carbocycles. The lowest BCUT2D eigenvalue weighted by Gasteiger charge is -2.00. The predicted molar refractivity (Wildman–Crippen MR) is 68.8 cm³/mol. The number of hydrogen-bond donors (Lipinski definition) is 1. The van der Waals surface area contributed by atoms with Crippen molar-refractivity contribution >= 4 is 11.5 Å². The van der Waals surface area contributed by atoms with E-state index in [-0.39, 0.29) is 28.9 Å². The first kappa shape index (κ1) is 12.7. The normalized spacial score (nSPS) is 10.7. The van der Waals surface area contributed by atoms with Gasteiger partial charge in [0.2, 0.25) is 5.82 Å². The molecular formula is C11H8N6O4. The first-order chi connectivity index (χ1) is 10.1. The largest absolute Gasteiger partial charge is 0.379 e. The van der Waals surface area contributed by atoms with Crippen molar-refractivity contribution < 1.29 is 14.1 Å². The summed E-state index contributed by atoms with van der Waals surface area (Å²) in [7, 11) is 0. The molecule has 0 atom stereocenters. The molecule has 3 rings (SSSR count). The van der Waals surface area contributed by atoms with Gasteiger partial charge in [0.15, 0.2) is 11.5 Å². The molecule has 0 amide bonds. The molecule has 0 aliphatic heterocycles. The van der Waals surface area contributed by atoms with Gasteiger partial charge in [-0.3, -0.25) is 10.1 Å². The van der Waals surface area contributed by atoms with Gasteiger partial charge in [0.25, 0.3) is 11.6 Å². The van der Waals surface area contributed by atoms with E-state index in [0.717, 1.165) is 0 Å². The number of nitrogen functional groups attached to an aromatic ring is 1. The topological polar surface area (TPSA) is 147 Å². The summed E-state index contributed by atoms with van der Waals surface area (Å²) in [6.07, 6.45) is 0. The Kier molecular flexibility index (Phi) is 2.83. The lowest BCUT2D eigenvalue weighted by atomic mass is 10.1. The second kappa shape index (κ2) is 4.67. The molecular weight excluding hydrogens is 280 g/mol. The van der Waals surface area contributed by atoms with Gasteiger partial charge in [0, 0.05) is 17.2 Å². The van der Waals surface area contributed by atoms with Crippen LogP contribution in [-0.4, -0.2) is 25.4 Å². The Morgan fingerprint density at radius 3 is 2.76 bits per heavy atom. The highest BCUT2D eigenvalue weighted by Gasteiger charge is 2.21. The Balaban J connectivity index is 2.07. The number of aromatic nitrogens is 4. The van der Waals surface area contributed by atoms with E-state index >= 15 is 0 Å². The Labute approximate surface area is 116 Å². The summed E-state index contributed by atoms with van der Waals surface area (Å²) >= 11 is 0. The van der Waals surface area contributed by atoms with Crippen LogP contribution in [0.4, 0.5) is 11.5 Å². The quantitative estimate of drug-likeness (QED) is 0.560. The smallest absolute Gasteiger partial charge is 0.273 e. The number of hydrogen-bond acceptors (Lipinski definition) is 9. The monoisotopic (exact) mass is 288 g/mol. The van der Waals surface area contributed by atoms with Gasteiger partial charge in [-0.15, -0.1) is 0 Å². The molecule has 0 aliphatic rings. The summed E-state index contributed by atoms with van der Waals surface area (Å²) in [6, 6.07) is 4.58. The molecule has 0 bridgehead atoms. The lowest BCUT2D eigenvalue weighted by Crippen LogP contribution is -1.94. The maximum atomic E-state index is 10.9. The van der Waals surface area contributed by atoms with Crippen LogP contribution in [0.1, 0.15) is 5.56 Å². The van der Waals surface area contributed by atoms with Crippen molar-refractivity contribution in [2.24, 2.45) is 0 Å². The highest BCUT2D eigenvalue weighted by molar-refractivity contribution is 5.68. The van der Waals surface area contributed by atoms with Crippen molar-refractivity contribution in [3.05, 3.63) is 33.9 Å². The lowest BCUT2D eigenvalue weighted by molar-refractivity contribution is -0.385. The van der Waals surface area contributed by atoms with Gasteiger partial charge >= 0.3 is 0 Å². The molecule has 0 unspecified atom stereocenters. The number of nitrogens with zero attached hydrogens (tertiary/aromatic N) is 5. The molecule has 2 aromatic heterocycles. The van der Waals surface area contributed by atoms with Crippen molar-refractivity contribution in [1.29, 1.82) is 0 Å². The molecule has 3 aromatic rings. The molecule has 10 heteroatoms. The highest BCUT2D eigenvalue weighted by atomic mass is 16.6. The molecule has 1 aromatic carbocycles. The third-order valence-corrected chi connectivity index (χ3v) is 2.88. The highest BCUT2D eigenvalue weighted by Crippen LogP contribution is 2.30. The van der Waals surface area contributed by atoms with E-state index in [9.17, 15) is 10.1 Å². The first-order valence-corrected chi connectivity index (χ1v) is 5.74. The number of nitro benzene ring substituents is 1. The molecule has 106 valence electrons. The van der Waals surface area contributed by atoms with Crippen LogP contribution in [0.2, 0.25) is 0 Å². The van der Waals surface area contributed by atoms with E-state index in [1.54, 1.807) is 13.0 Å². The maximum absolute atomic E-state index is 10.9. The van der Waals surface area contributed by atoms with Crippen LogP contribution < -0.4 is 5.73 Å². The van der Waals surface area contributed by atoms with Gasteiger partial charge in [-0.25, -0.2) is 4.63 Å². The SMILES string of the molecule is Cc1c(-c2nc(-c3nonc3N)no2)cccc1[N+](=O)[O-]. The molecule has 2 N–H and O–H groups in total. The maximum Gasteiger partial charge on any atom is 0.273 e. The van der Waals surface area contributed by atoms with Crippen molar-refractivity contribution in [1.82, 2.24) is 20.5 Å². The van der Waals surface area contributed by atoms with Gasteiger partial charge in [-0.1, -0.05) is 11.2 Å². The Hall–Kier alpha value is -3.30. The zero-order valence-corrected chi connectivity index (χ0v) is 10.7. The van der Waals surface area contributed by atoms with E-state index in [1.807, 2.05) is 0 Å². The van der Waals surface area contributed by atoms with Crippen molar-refractivity contribution in [3.8, 4) is 23.0 Å². The number of anilines is 1. The summed E-state index contributed by atoms with van der Waals surface area (Å²) in [5.74, 6) is 0.237. The van der Waals surface area contributed by atoms with Gasteiger partial charge < -0.3 is 10.3 Å². The van der Waals surface area contributed by atoms with Crippen LogP contribution in [0.15, 0.2) is 27.4 Å². The fourth-order valence-electron chi connectivity index (χ4n) is 1.83. The summed E-state index contributed by atoms with van der Waals surface area (Å²) in [4.78, 5) is 14.6. The minimum absolute atomic E-state index is 0.0260. The number of rotatable bonds is 3. The van der Waals surface area contributed by atoms with Crippen LogP contribution in [0.5, 0.6) is 0 Å². The van der Waals surface area contributed by atoms with E-state index in [1.165, 1.54) is 12.1 Å². The molecule has 10 nitrogen and oxygen atoms in total. The third-order valence-electron chi connectivity index (χ3n) is 2.88. The minimum atomic E-state index is -0.477. The molecule has 0 aliphatic carbocycles. The average molecular weight is 288 g/mol. The molecule has 0 radical (unpaired) electrons. The Bertz CT molecular complexity index is 824. The second-order valence-electron chi connectivity index (χ2n) is 4.13. The molecule has 21 heavy (non-hydrogen) atoms. The fourth-order valence-corrected chi connectivity index (χ4v) is 1.83. The first-order valence-electron chi connectivity index (χ1n) is 5.74. The predicted octanol–water partition coefficient (Wildman–Crippen LogP) is 1.59. The molecule has 0 fully saturated rings. The summed E-state index contributed by atoms with van der Waals surface area (Å²) in [5.41, 5.74) is 6.53. The summed E-state index contributed by atoms with van der Waals surface area (Å²) in [5, 5.41) is 21.6. The van der Waals surface area contributed by atoms with Crippen LogP contribution >= 0.6 is 0 Å². The van der Waals surface area contributed by atoms with Crippen molar-refractivity contribution in [2.75, 3.05) is 5.73 Å². The number of benzene rings is 1. The molecule has 2 heterocycles. The van der Waals surface area contributed by atoms with E-state index in [4.69, 9.17) is 10.3 Å². The fraction of sp³-hybridized carbons (Fsp3) is 0.0909. The van der Waals surface area contributed by atoms with Crippen LogP contribution in [0, 0.1) is 17.0 Å². The minimum Gasteiger partial charge on any atom is -0.379 e. The zero-order chi connectivity index (χ0) is 15.0. The molecule has 0 spiro atoms. The summed E-state index contributed by atoms with van der Waals surface area (Å²) in [6.45, 7) is 1.60. The van der Waals surface area contributed by atoms with E-state index in [2.05, 4.69) is 25.1 Å². The van der Waals surface area contributed by atoms with E-state index < -0.39 is 4.92 Å². The molecule has 0 saturated heterocycles. The summed E-state index contributed by atoms with van der Waals surface area (Å²) < 4.78 is 9.55. The standard InChI is InChI=1S/C11H8N6O4/c1-5-6(3-2-4-7(5)17(18)19)11-13-10(16-20-11)8-9(12)15-21-14-8/h2-4H,1H3,(H2,12,15). The van der Waals surface area contributed by atoms with Crippen molar-refractivity contribution in [2.45, 2.75) is 6.92 Å². The van der Waals surface area contributed by atoms with Crippen LogP contribution in [0.3, 0.4) is 0 Å². The Morgan fingerprint density at radius 2 is 2.10 bits per heavy atom. The van der Waals surface area contributed by atoms with Gasteiger partial charge in [-0.05, 0) is 23.3 Å². The van der Waals surface area contributed by atoms with Gasteiger partial charge in [-0.2, -0.15) is 4.98 Å². The second-order valence-corrected chi connectivity index (χ2v) is 4.13. The van der Waals surface area contributed by atoms with Gasteiger partial charge in [0.05, 0.1) is 4.92 Å². The Morgan fingerprint density at radius 1 is 1.29 bits per heavy atom. The van der Waals surface area contributed by atoms with Crippen LogP contribution in [-0.2, 0) is 0 Å². The van der Waals surface area contributed by atoms with E-state index in [0.29, 0.717) is 11.1 Å². The van der Waals surface area contributed by atoms with Gasteiger partial charge in [0.1, 0.15) is 0 Å². The number of nitrogens with two attached hydrogens (primary N) is 1. The zero-order valence-electron chi connectivity index (χ0n) is 10.7. The third kappa shape index (κ3) is 2.08. The van der Waals surface area contributed by atoms with Crippen LogP contribution in [0.25, 0.3) is 23.0 Å². The van der Waals surface area contributed by atoms with Crippen molar-refractivity contribution in [3.63, 3.8) is 0 Å². The number of nitro groups is 1.